The van der Waals surface area contributed by atoms with E-state index in [0.29, 0.717) is 5.92 Å². The Morgan fingerprint density at radius 2 is 2.08 bits per heavy atom. The van der Waals surface area contributed by atoms with Gasteiger partial charge in [0.1, 0.15) is 6.10 Å². The fraction of sp³-hybridized carbons (Fsp3) is 0.727. The van der Waals surface area contributed by atoms with Gasteiger partial charge >= 0.3 is 5.97 Å². The zero-order valence-electron chi connectivity index (χ0n) is 8.46. The van der Waals surface area contributed by atoms with Gasteiger partial charge in [-0.25, -0.2) is 0 Å². The average molecular weight is 180 g/mol. The molecule has 3 atom stereocenters. The normalized spacial score (nSPS) is 38.2. The van der Waals surface area contributed by atoms with Crippen molar-refractivity contribution in [1.29, 1.82) is 0 Å². The number of fused-ring (bicyclic) bond motifs is 1. The van der Waals surface area contributed by atoms with Crippen LogP contribution in [-0.4, -0.2) is 12.1 Å². The Kier molecular flexibility index (Phi) is 1.60. The number of hydrogen-bond donors (Lipinski definition) is 0. The molecule has 1 aliphatic carbocycles. The van der Waals surface area contributed by atoms with Crippen LogP contribution >= 0.6 is 0 Å². The average Bonchev–Trinajstić information content (AvgIpc) is 2.61. The fourth-order valence-corrected chi connectivity index (χ4v) is 2.00. The lowest BCUT2D eigenvalue weighted by atomic mass is 9.84. The van der Waals surface area contributed by atoms with Crippen molar-refractivity contribution in [1.82, 2.24) is 0 Å². The molecule has 13 heavy (non-hydrogen) atoms. The topological polar surface area (TPSA) is 26.3 Å². The first-order chi connectivity index (χ1) is 5.91. The molecule has 0 aromatic heterocycles. The second-order valence-electron chi connectivity index (χ2n) is 5.19. The first kappa shape index (κ1) is 8.79. The van der Waals surface area contributed by atoms with E-state index in [1.165, 1.54) is 0 Å². The van der Waals surface area contributed by atoms with Crippen LogP contribution in [0.25, 0.3) is 0 Å². The van der Waals surface area contributed by atoms with E-state index in [-0.39, 0.29) is 23.4 Å². The number of ether oxygens (including phenoxy) is 1. The highest BCUT2D eigenvalue weighted by molar-refractivity contribution is 5.83. The van der Waals surface area contributed by atoms with E-state index in [9.17, 15) is 4.79 Å². The van der Waals surface area contributed by atoms with Crippen molar-refractivity contribution in [3.05, 3.63) is 12.2 Å². The maximum Gasteiger partial charge on any atom is 0.313 e. The molecule has 0 unspecified atom stereocenters. The van der Waals surface area contributed by atoms with Crippen molar-refractivity contribution in [3.8, 4) is 0 Å². The number of carbonyl (C=O) groups is 1. The van der Waals surface area contributed by atoms with E-state index in [1.54, 1.807) is 0 Å². The van der Waals surface area contributed by atoms with Crippen molar-refractivity contribution in [3.63, 3.8) is 0 Å². The molecule has 0 radical (unpaired) electrons. The first-order valence-electron chi connectivity index (χ1n) is 4.80. The molecule has 1 heterocycles. The summed E-state index contributed by atoms with van der Waals surface area (Å²) in [6, 6.07) is 0. The molecule has 1 aliphatic heterocycles. The molecule has 0 aromatic carbocycles. The third-order valence-corrected chi connectivity index (χ3v) is 3.12. The SMILES string of the molecule is C=C1[C@H]2C(=O)O[C@@H](C(C)(C)C)C[C@@H]12. The molecule has 72 valence electrons. The zero-order valence-corrected chi connectivity index (χ0v) is 8.46. The van der Waals surface area contributed by atoms with Crippen LogP contribution in [0.5, 0.6) is 0 Å². The Labute approximate surface area is 79.0 Å². The van der Waals surface area contributed by atoms with Gasteiger partial charge in [0.15, 0.2) is 0 Å². The molecule has 1 saturated carbocycles. The summed E-state index contributed by atoms with van der Waals surface area (Å²) >= 11 is 0. The summed E-state index contributed by atoms with van der Waals surface area (Å²) < 4.78 is 5.38. The Morgan fingerprint density at radius 1 is 1.46 bits per heavy atom. The highest BCUT2D eigenvalue weighted by atomic mass is 16.5. The van der Waals surface area contributed by atoms with Crippen molar-refractivity contribution in [2.24, 2.45) is 17.3 Å². The zero-order chi connectivity index (χ0) is 9.80. The van der Waals surface area contributed by atoms with Gasteiger partial charge in [-0.1, -0.05) is 32.9 Å². The molecule has 0 amide bonds. The molecule has 0 aromatic rings. The maximum absolute atomic E-state index is 11.4. The summed E-state index contributed by atoms with van der Waals surface area (Å²) in [6.45, 7) is 10.2. The fourth-order valence-electron chi connectivity index (χ4n) is 2.00. The first-order valence-corrected chi connectivity index (χ1v) is 4.80. The number of rotatable bonds is 0. The second-order valence-corrected chi connectivity index (χ2v) is 5.19. The number of esters is 1. The third kappa shape index (κ3) is 1.28. The van der Waals surface area contributed by atoms with E-state index in [2.05, 4.69) is 27.4 Å². The number of hydrogen-bond acceptors (Lipinski definition) is 2. The van der Waals surface area contributed by atoms with Gasteiger partial charge in [0, 0.05) is 5.92 Å². The molecular formula is C11H16O2. The lowest BCUT2D eigenvalue weighted by molar-refractivity contribution is -0.161. The molecule has 0 spiro atoms. The molecule has 0 N–H and O–H groups in total. The third-order valence-electron chi connectivity index (χ3n) is 3.12. The summed E-state index contributed by atoms with van der Waals surface area (Å²) in [5.41, 5.74) is 1.14. The molecule has 0 bridgehead atoms. The maximum atomic E-state index is 11.4. The lowest BCUT2D eigenvalue weighted by Crippen LogP contribution is -2.35. The second kappa shape index (κ2) is 2.37. The van der Waals surface area contributed by atoms with E-state index in [0.717, 1.165) is 12.0 Å². The van der Waals surface area contributed by atoms with E-state index in [4.69, 9.17) is 4.74 Å². The van der Waals surface area contributed by atoms with Crippen LogP contribution in [0.4, 0.5) is 0 Å². The Hall–Kier alpha value is -0.790. The van der Waals surface area contributed by atoms with Crippen molar-refractivity contribution in [2.75, 3.05) is 0 Å². The van der Waals surface area contributed by atoms with Gasteiger partial charge < -0.3 is 4.74 Å². The van der Waals surface area contributed by atoms with Crippen molar-refractivity contribution >= 4 is 5.97 Å². The van der Waals surface area contributed by atoms with Crippen molar-refractivity contribution in [2.45, 2.75) is 33.3 Å². The molecule has 2 aliphatic rings. The van der Waals surface area contributed by atoms with Crippen LogP contribution in [0.3, 0.4) is 0 Å². The lowest BCUT2D eigenvalue weighted by Gasteiger charge is -2.32. The number of carbonyl (C=O) groups excluding carboxylic acids is 1. The molecule has 2 nitrogen and oxygen atoms in total. The van der Waals surface area contributed by atoms with Gasteiger partial charge in [-0.2, -0.15) is 0 Å². The predicted molar refractivity (Wildman–Crippen MR) is 50.1 cm³/mol. The summed E-state index contributed by atoms with van der Waals surface area (Å²) in [7, 11) is 0. The van der Waals surface area contributed by atoms with E-state index < -0.39 is 0 Å². The molecular weight excluding hydrogens is 164 g/mol. The van der Waals surface area contributed by atoms with Crippen LogP contribution < -0.4 is 0 Å². The van der Waals surface area contributed by atoms with Gasteiger partial charge in [-0.05, 0) is 11.8 Å². The van der Waals surface area contributed by atoms with Gasteiger partial charge in [-0.3, -0.25) is 4.79 Å². The van der Waals surface area contributed by atoms with Gasteiger partial charge in [0.2, 0.25) is 0 Å². The monoisotopic (exact) mass is 180 g/mol. The quantitative estimate of drug-likeness (QED) is 0.422. The van der Waals surface area contributed by atoms with Crippen LogP contribution in [0, 0.1) is 17.3 Å². The molecule has 2 heteroatoms. The van der Waals surface area contributed by atoms with Gasteiger partial charge in [-0.15, -0.1) is 0 Å². The highest BCUT2D eigenvalue weighted by Gasteiger charge is 2.55. The van der Waals surface area contributed by atoms with Crippen LogP contribution in [0.1, 0.15) is 27.2 Å². The summed E-state index contributed by atoms with van der Waals surface area (Å²) in [5, 5.41) is 0. The minimum atomic E-state index is -0.0545. The smallest absolute Gasteiger partial charge is 0.313 e. The largest absolute Gasteiger partial charge is 0.461 e. The molecule has 2 fully saturated rings. The Balaban J connectivity index is 2.12. The minimum Gasteiger partial charge on any atom is -0.461 e. The highest BCUT2D eigenvalue weighted by Crippen LogP contribution is 2.53. The summed E-state index contributed by atoms with van der Waals surface area (Å²) in [6.07, 6.45) is 1.04. The van der Waals surface area contributed by atoms with Crippen molar-refractivity contribution < 1.29 is 9.53 Å². The van der Waals surface area contributed by atoms with Gasteiger partial charge in [0.05, 0.1) is 5.92 Å². The predicted octanol–water partition coefficient (Wildman–Crippen LogP) is 2.15. The molecule has 2 rings (SSSR count). The van der Waals surface area contributed by atoms with E-state index in [1.807, 2.05) is 0 Å². The summed E-state index contributed by atoms with van der Waals surface area (Å²) in [4.78, 5) is 11.4. The van der Waals surface area contributed by atoms with Crippen LogP contribution in [0.15, 0.2) is 12.2 Å². The van der Waals surface area contributed by atoms with Crippen LogP contribution in [-0.2, 0) is 9.53 Å². The minimum absolute atomic E-state index is 0.0404. The Morgan fingerprint density at radius 3 is 2.54 bits per heavy atom. The van der Waals surface area contributed by atoms with Gasteiger partial charge in [0.25, 0.3) is 0 Å². The van der Waals surface area contributed by atoms with Crippen LogP contribution in [0.2, 0.25) is 0 Å². The molecule has 1 saturated heterocycles. The standard InChI is InChI=1S/C11H16O2/c1-6-7-5-8(11(2,3)4)13-10(12)9(6)7/h7-9H,1,5H2,2-4H3/t7-,8+,9+/m0/s1. The summed E-state index contributed by atoms with van der Waals surface area (Å²) in [5.74, 6) is 0.408. The number of cyclic esters (lactones) is 1. The van der Waals surface area contributed by atoms with E-state index >= 15 is 0 Å². The Bertz CT molecular complexity index is 272.